The first-order valence-electron chi connectivity index (χ1n) is 4.35. The lowest BCUT2D eigenvalue weighted by molar-refractivity contribution is 0.190. The fourth-order valence-electron chi connectivity index (χ4n) is 1.25. The molecule has 3 N–H and O–H groups in total. The zero-order valence-corrected chi connectivity index (χ0v) is 7.90. The second-order valence-corrected chi connectivity index (χ2v) is 3.22. The Hall–Kier alpha value is -1.71. The molecule has 0 aromatic heterocycles. The number of hydrogen-bond donors (Lipinski definition) is 3. The summed E-state index contributed by atoms with van der Waals surface area (Å²) in [5.41, 5.74) is 0.990. The van der Waals surface area contributed by atoms with Crippen LogP contribution in [0, 0.1) is 0 Å². The first-order chi connectivity index (χ1) is 6.58. The molecular formula is C10H13NO3. The molecule has 1 aromatic carbocycles. The summed E-state index contributed by atoms with van der Waals surface area (Å²) >= 11 is 0. The topological polar surface area (TPSA) is 69.6 Å². The lowest BCUT2D eigenvalue weighted by atomic mass is 10.1. The fraction of sp³-hybridized carbons (Fsp3) is 0.300. The van der Waals surface area contributed by atoms with Gasteiger partial charge in [-0.1, -0.05) is 12.1 Å². The number of phenolic OH excluding ortho intramolecular Hbond substituents is 1. The summed E-state index contributed by atoms with van der Waals surface area (Å²) < 4.78 is 0. The summed E-state index contributed by atoms with van der Waals surface area (Å²) in [5.74, 6) is 0.215. The molecule has 0 fully saturated rings. The van der Waals surface area contributed by atoms with Crippen LogP contribution in [0.25, 0.3) is 0 Å². The molecule has 14 heavy (non-hydrogen) atoms. The van der Waals surface area contributed by atoms with Crippen molar-refractivity contribution in [2.24, 2.45) is 0 Å². The highest BCUT2D eigenvalue weighted by Crippen LogP contribution is 2.10. The van der Waals surface area contributed by atoms with E-state index in [9.17, 15) is 4.79 Å². The molecule has 4 nitrogen and oxygen atoms in total. The molecule has 0 saturated heterocycles. The number of benzene rings is 1. The Morgan fingerprint density at radius 1 is 1.43 bits per heavy atom. The molecule has 0 aliphatic carbocycles. The van der Waals surface area contributed by atoms with Gasteiger partial charge in [-0.2, -0.15) is 0 Å². The third-order valence-electron chi connectivity index (χ3n) is 1.85. The third-order valence-corrected chi connectivity index (χ3v) is 1.85. The zero-order chi connectivity index (χ0) is 10.6. The van der Waals surface area contributed by atoms with Gasteiger partial charge < -0.3 is 15.5 Å². The summed E-state index contributed by atoms with van der Waals surface area (Å²) in [6.45, 7) is 1.79. The van der Waals surface area contributed by atoms with E-state index in [0.717, 1.165) is 5.56 Å². The highest BCUT2D eigenvalue weighted by atomic mass is 16.4. The molecule has 1 amide bonds. The van der Waals surface area contributed by atoms with Gasteiger partial charge in [-0.25, -0.2) is 4.79 Å². The van der Waals surface area contributed by atoms with Crippen molar-refractivity contribution in [3.05, 3.63) is 29.8 Å². The van der Waals surface area contributed by atoms with Crippen molar-refractivity contribution in [2.45, 2.75) is 19.4 Å². The van der Waals surface area contributed by atoms with Gasteiger partial charge in [0.25, 0.3) is 0 Å². The molecular weight excluding hydrogens is 182 g/mol. The first-order valence-corrected chi connectivity index (χ1v) is 4.35. The van der Waals surface area contributed by atoms with Crippen molar-refractivity contribution in [1.82, 2.24) is 5.32 Å². The Bertz CT molecular complexity index is 308. The van der Waals surface area contributed by atoms with E-state index in [0.29, 0.717) is 6.42 Å². The normalized spacial score (nSPS) is 12.1. The minimum absolute atomic E-state index is 0.128. The van der Waals surface area contributed by atoms with Gasteiger partial charge >= 0.3 is 6.09 Å². The van der Waals surface area contributed by atoms with Crippen LogP contribution < -0.4 is 5.32 Å². The van der Waals surface area contributed by atoms with E-state index in [1.54, 1.807) is 31.2 Å². The van der Waals surface area contributed by atoms with Crippen molar-refractivity contribution in [3.63, 3.8) is 0 Å². The quantitative estimate of drug-likeness (QED) is 0.686. The average Bonchev–Trinajstić information content (AvgIpc) is 2.07. The van der Waals surface area contributed by atoms with Gasteiger partial charge in [-0.05, 0) is 31.0 Å². The molecule has 0 unspecified atom stereocenters. The van der Waals surface area contributed by atoms with Gasteiger partial charge in [0.05, 0.1) is 0 Å². The molecule has 0 bridgehead atoms. The number of carboxylic acid groups (broad SMARTS) is 1. The molecule has 0 radical (unpaired) electrons. The number of rotatable bonds is 3. The Labute approximate surface area is 82.2 Å². The lowest BCUT2D eigenvalue weighted by Gasteiger charge is -2.10. The highest BCUT2D eigenvalue weighted by molar-refractivity contribution is 5.64. The molecule has 1 atom stereocenters. The van der Waals surface area contributed by atoms with E-state index >= 15 is 0 Å². The van der Waals surface area contributed by atoms with Crippen LogP contribution in [0.4, 0.5) is 4.79 Å². The smallest absolute Gasteiger partial charge is 0.404 e. The molecule has 1 aromatic rings. The van der Waals surface area contributed by atoms with E-state index in [1.165, 1.54) is 0 Å². The van der Waals surface area contributed by atoms with Crippen LogP contribution in [0.15, 0.2) is 24.3 Å². The summed E-state index contributed by atoms with van der Waals surface area (Å²) in [5, 5.41) is 19.8. The molecule has 0 aliphatic heterocycles. The summed E-state index contributed by atoms with van der Waals surface area (Å²) in [6, 6.07) is 6.59. The number of aromatic hydroxyl groups is 1. The number of carbonyl (C=O) groups is 1. The number of phenols is 1. The van der Waals surface area contributed by atoms with Gasteiger partial charge in [0.2, 0.25) is 0 Å². The van der Waals surface area contributed by atoms with Crippen molar-refractivity contribution in [1.29, 1.82) is 0 Å². The van der Waals surface area contributed by atoms with Crippen molar-refractivity contribution in [2.75, 3.05) is 0 Å². The maximum absolute atomic E-state index is 10.3. The predicted molar refractivity (Wildman–Crippen MR) is 52.4 cm³/mol. The summed E-state index contributed by atoms with van der Waals surface area (Å²) in [7, 11) is 0. The zero-order valence-electron chi connectivity index (χ0n) is 7.90. The molecule has 76 valence electrons. The molecule has 0 spiro atoms. The lowest BCUT2D eigenvalue weighted by Crippen LogP contribution is -2.32. The van der Waals surface area contributed by atoms with Gasteiger partial charge in [0.15, 0.2) is 0 Å². The number of amides is 1. The van der Waals surface area contributed by atoms with Gasteiger partial charge in [0.1, 0.15) is 5.75 Å². The molecule has 0 saturated carbocycles. The summed E-state index contributed by atoms with van der Waals surface area (Å²) in [6.07, 6.45) is -0.400. The van der Waals surface area contributed by atoms with E-state index < -0.39 is 6.09 Å². The number of nitrogens with one attached hydrogen (secondary N) is 1. The predicted octanol–water partition coefficient (Wildman–Crippen LogP) is 1.59. The molecule has 1 rings (SSSR count). The second-order valence-electron chi connectivity index (χ2n) is 3.22. The van der Waals surface area contributed by atoms with Crippen molar-refractivity contribution in [3.8, 4) is 5.75 Å². The SMILES string of the molecule is C[C@@H](Cc1ccc(O)cc1)NC(=O)O. The van der Waals surface area contributed by atoms with Crippen LogP contribution in [0.3, 0.4) is 0 Å². The molecule has 0 aliphatic rings. The Morgan fingerprint density at radius 3 is 2.50 bits per heavy atom. The Kier molecular flexibility index (Phi) is 3.34. The molecule has 4 heteroatoms. The van der Waals surface area contributed by atoms with E-state index in [1.807, 2.05) is 0 Å². The van der Waals surface area contributed by atoms with Crippen LogP contribution in [-0.4, -0.2) is 22.3 Å². The van der Waals surface area contributed by atoms with Crippen molar-refractivity contribution >= 4 is 6.09 Å². The molecule has 0 heterocycles. The van der Waals surface area contributed by atoms with Crippen molar-refractivity contribution < 1.29 is 15.0 Å². The van der Waals surface area contributed by atoms with E-state index in [4.69, 9.17) is 10.2 Å². The van der Waals surface area contributed by atoms with Crippen LogP contribution in [0.1, 0.15) is 12.5 Å². The standard InChI is InChI=1S/C10H13NO3/c1-7(11-10(13)14)6-8-2-4-9(12)5-3-8/h2-5,7,11-12H,6H2,1H3,(H,13,14)/t7-/m0/s1. The maximum atomic E-state index is 10.3. The second kappa shape index (κ2) is 4.50. The first kappa shape index (κ1) is 10.4. The Morgan fingerprint density at radius 2 is 2.00 bits per heavy atom. The van der Waals surface area contributed by atoms with E-state index in [-0.39, 0.29) is 11.8 Å². The maximum Gasteiger partial charge on any atom is 0.404 e. The largest absolute Gasteiger partial charge is 0.508 e. The van der Waals surface area contributed by atoms with Gasteiger partial charge in [-0.15, -0.1) is 0 Å². The fourth-order valence-corrected chi connectivity index (χ4v) is 1.25. The van der Waals surface area contributed by atoms with Crippen LogP contribution in [0.2, 0.25) is 0 Å². The van der Waals surface area contributed by atoms with Crippen LogP contribution in [0.5, 0.6) is 5.75 Å². The third kappa shape index (κ3) is 3.35. The monoisotopic (exact) mass is 195 g/mol. The van der Waals surface area contributed by atoms with Crippen LogP contribution >= 0.6 is 0 Å². The van der Waals surface area contributed by atoms with Crippen LogP contribution in [-0.2, 0) is 6.42 Å². The minimum Gasteiger partial charge on any atom is -0.508 e. The highest BCUT2D eigenvalue weighted by Gasteiger charge is 2.05. The Balaban J connectivity index is 2.51. The summed E-state index contributed by atoms with van der Waals surface area (Å²) in [4.78, 5) is 10.3. The average molecular weight is 195 g/mol. The number of hydrogen-bond acceptors (Lipinski definition) is 2. The van der Waals surface area contributed by atoms with Gasteiger partial charge in [-0.3, -0.25) is 0 Å². The van der Waals surface area contributed by atoms with E-state index in [2.05, 4.69) is 5.32 Å². The minimum atomic E-state index is -1.02. The van der Waals surface area contributed by atoms with Gasteiger partial charge in [0, 0.05) is 6.04 Å².